The van der Waals surface area contributed by atoms with Gasteiger partial charge in [0, 0.05) is 26.6 Å². The van der Waals surface area contributed by atoms with E-state index in [4.69, 9.17) is 14.2 Å². The van der Waals surface area contributed by atoms with E-state index >= 15 is 0 Å². The second-order valence-electron chi connectivity index (χ2n) is 11.5. The number of methoxy groups -OCH3 is 1. The lowest BCUT2D eigenvalue weighted by Gasteiger charge is -2.31. The Hall–Kier alpha value is -5.00. The minimum absolute atomic E-state index is 0.00303. The third-order valence-corrected chi connectivity index (χ3v) is 7.89. The van der Waals surface area contributed by atoms with E-state index in [1.165, 1.54) is 12.0 Å². The number of aliphatic hydroxyl groups excluding tert-OH is 1. The van der Waals surface area contributed by atoms with Crippen molar-refractivity contribution in [1.29, 1.82) is 0 Å². The average Bonchev–Trinajstić information content (AvgIpc) is 3.10. The molecule has 0 saturated carbocycles. The van der Waals surface area contributed by atoms with Crippen LogP contribution in [0.15, 0.2) is 103 Å². The number of aliphatic hydroxyl groups is 1. The number of carbonyl (C=O) groups is 4. The van der Waals surface area contributed by atoms with Gasteiger partial charge in [-0.05, 0) is 29.5 Å². The van der Waals surface area contributed by atoms with Crippen molar-refractivity contribution in [2.45, 2.75) is 50.6 Å². The summed E-state index contributed by atoms with van der Waals surface area (Å²) in [5.41, 5.74) is 2.30. The maximum absolute atomic E-state index is 13.8. The third kappa shape index (κ3) is 11.1. The van der Waals surface area contributed by atoms with E-state index in [1.54, 1.807) is 36.4 Å². The van der Waals surface area contributed by atoms with Gasteiger partial charge in [0.15, 0.2) is 0 Å². The molecule has 3 N–H and O–H groups in total. The molecule has 3 aromatic rings. The molecular formula is C37H43N3O8. The number of nitrogens with zero attached hydrogens (tertiary/aromatic N) is 1. The van der Waals surface area contributed by atoms with Gasteiger partial charge >= 0.3 is 12.1 Å². The molecule has 48 heavy (non-hydrogen) atoms. The Balaban J connectivity index is 1.58. The molecule has 11 nitrogen and oxygen atoms in total. The number of allylic oxidation sites excluding steroid dienone is 1. The van der Waals surface area contributed by atoms with Crippen molar-refractivity contribution in [1.82, 2.24) is 15.5 Å². The van der Waals surface area contributed by atoms with Crippen LogP contribution in [0.1, 0.15) is 42.1 Å². The number of benzene rings is 3. The van der Waals surface area contributed by atoms with Crippen LogP contribution in [0.25, 0.3) is 0 Å². The summed E-state index contributed by atoms with van der Waals surface area (Å²) in [6, 6.07) is 25.6. The first kappa shape index (κ1) is 35.8. The van der Waals surface area contributed by atoms with Crippen LogP contribution in [0.5, 0.6) is 0 Å². The van der Waals surface area contributed by atoms with Gasteiger partial charge in [0.05, 0.1) is 25.2 Å². The number of nitrogens with one attached hydrogen (secondary N) is 2. The van der Waals surface area contributed by atoms with Crippen LogP contribution in [0.3, 0.4) is 0 Å². The molecule has 1 heterocycles. The summed E-state index contributed by atoms with van der Waals surface area (Å²) in [5, 5.41) is 15.3. The molecule has 1 aliphatic heterocycles. The fraction of sp³-hybridized carbons (Fsp3) is 0.351. The number of hydrogen-bond donors (Lipinski definition) is 3. The number of ether oxygens (including phenoxy) is 3. The Morgan fingerprint density at radius 1 is 0.917 bits per heavy atom. The first-order valence-electron chi connectivity index (χ1n) is 16.0. The van der Waals surface area contributed by atoms with Gasteiger partial charge in [0.25, 0.3) is 0 Å². The topological polar surface area (TPSA) is 144 Å². The smallest absolute Gasteiger partial charge is 0.408 e. The molecule has 4 rings (SSSR count). The van der Waals surface area contributed by atoms with Crippen molar-refractivity contribution in [3.8, 4) is 0 Å². The number of hydrogen-bond acceptors (Lipinski definition) is 8. The van der Waals surface area contributed by atoms with E-state index in [9.17, 15) is 24.3 Å². The largest absolute Gasteiger partial charge is 0.454 e. The van der Waals surface area contributed by atoms with Gasteiger partial charge in [0.1, 0.15) is 18.8 Å². The first-order chi connectivity index (χ1) is 23.4. The Labute approximate surface area is 280 Å². The number of carbonyl (C=O) groups excluding carboxylic acids is 4. The zero-order chi connectivity index (χ0) is 34.1. The monoisotopic (exact) mass is 657 g/mol. The van der Waals surface area contributed by atoms with Crippen molar-refractivity contribution >= 4 is 23.9 Å². The molecule has 0 radical (unpaired) electrons. The minimum Gasteiger partial charge on any atom is -0.454 e. The molecule has 254 valence electrons. The molecule has 3 amide bonds. The standard InChI is InChI=1S/C37H43N3O8/c1-46-26-32-34(29-17-9-4-10-18-29)48-36(44)31(39-37(45)47-25-28-15-7-3-8-16-28)20-12-11-19-30(35(43)38-32)23-33(42)40(21-22-41)24-27-13-5-2-6-14-27/h2-18,30-32,34,41H,19-26H2,1H3,(H,38,43)(H,39,45)/t30-,31-,32+,34+/m1/s1. The van der Waals surface area contributed by atoms with Crippen LogP contribution in [0, 0.1) is 5.92 Å². The summed E-state index contributed by atoms with van der Waals surface area (Å²) in [7, 11) is 1.47. The van der Waals surface area contributed by atoms with Gasteiger partial charge in [-0.1, -0.05) is 103 Å². The van der Waals surface area contributed by atoms with Crippen LogP contribution >= 0.6 is 0 Å². The quantitative estimate of drug-likeness (QED) is 0.195. The highest BCUT2D eigenvalue weighted by Crippen LogP contribution is 2.25. The fourth-order valence-corrected chi connectivity index (χ4v) is 5.37. The van der Waals surface area contributed by atoms with Crippen molar-refractivity contribution in [3.05, 3.63) is 120 Å². The summed E-state index contributed by atoms with van der Waals surface area (Å²) in [5.74, 6) is -2.19. The molecule has 0 aliphatic carbocycles. The van der Waals surface area contributed by atoms with Crippen LogP contribution in [-0.4, -0.2) is 72.8 Å². The van der Waals surface area contributed by atoms with E-state index in [1.807, 2.05) is 66.7 Å². The zero-order valence-corrected chi connectivity index (χ0v) is 27.0. The van der Waals surface area contributed by atoms with E-state index in [2.05, 4.69) is 10.6 Å². The van der Waals surface area contributed by atoms with Crippen LogP contribution in [-0.2, 0) is 41.7 Å². The van der Waals surface area contributed by atoms with Crippen molar-refractivity contribution in [3.63, 3.8) is 0 Å². The number of alkyl carbamates (subject to hydrolysis) is 1. The number of amides is 3. The maximum atomic E-state index is 13.8. The summed E-state index contributed by atoms with van der Waals surface area (Å²) in [4.78, 5) is 55.3. The molecule has 0 spiro atoms. The predicted molar refractivity (Wildman–Crippen MR) is 178 cm³/mol. The Kier molecular flexibility index (Phi) is 14.2. The number of rotatable bonds is 12. The Morgan fingerprint density at radius 3 is 2.19 bits per heavy atom. The summed E-state index contributed by atoms with van der Waals surface area (Å²) in [6.45, 7) is 0.195. The molecule has 0 fully saturated rings. The highest BCUT2D eigenvalue weighted by atomic mass is 16.6. The number of cyclic esters (lactones) is 1. The van der Waals surface area contributed by atoms with Gasteiger partial charge in [-0.25, -0.2) is 9.59 Å². The molecule has 1 aliphatic rings. The van der Waals surface area contributed by atoms with Crippen molar-refractivity contribution in [2.24, 2.45) is 5.92 Å². The molecule has 4 atom stereocenters. The van der Waals surface area contributed by atoms with E-state index in [0.717, 1.165) is 11.1 Å². The summed E-state index contributed by atoms with van der Waals surface area (Å²) < 4.78 is 16.8. The van der Waals surface area contributed by atoms with E-state index < -0.39 is 42.1 Å². The van der Waals surface area contributed by atoms with Gasteiger partial charge in [-0.15, -0.1) is 0 Å². The second kappa shape index (κ2) is 19.0. The highest BCUT2D eigenvalue weighted by Gasteiger charge is 2.34. The van der Waals surface area contributed by atoms with Crippen LogP contribution < -0.4 is 10.6 Å². The summed E-state index contributed by atoms with van der Waals surface area (Å²) >= 11 is 0. The van der Waals surface area contributed by atoms with Crippen molar-refractivity contribution in [2.75, 3.05) is 26.9 Å². The summed E-state index contributed by atoms with van der Waals surface area (Å²) in [6.07, 6.45) is 1.75. The van der Waals surface area contributed by atoms with Gasteiger partial charge in [-0.3, -0.25) is 9.59 Å². The average molecular weight is 658 g/mol. The lowest BCUT2D eigenvalue weighted by Crippen LogP contribution is -2.49. The molecular weight excluding hydrogens is 614 g/mol. The van der Waals surface area contributed by atoms with E-state index in [0.29, 0.717) is 5.56 Å². The lowest BCUT2D eigenvalue weighted by molar-refractivity contribution is -0.155. The molecule has 3 aromatic carbocycles. The normalized spacial score (nSPS) is 20.0. The SMILES string of the molecule is COC[C@@H]1NC(=O)[C@@H](CC(=O)N(CCO)Cc2ccccc2)CC=CC[C@@H](NC(=O)OCc2ccccc2)C(=O)O[C@H]1c1ccccc1. The van der Waals surface area contributed by atoms with Gasteiger partial charge in [0.2, 0.25) is 11.8 Å². The molecule has 0 aromatic heterocycles. The molecule has 0 unspecified atom stereocenters. The Morgan fingerprint density at radius 2 is 1.54 bits per heavy atom. The highest BCUT2D eigenvalue weighted by molar-refractivity contribution is 5.86. The molecule has 11 heteroatoms. The van der Waals surface area contributed by atoms with Crippen LogP contribution in [0.2, 0.25) is 0 Å². The fourth-order valence-electron chi connectivity index (χ4n) is 5.37. The minimum atomic E-state index is -1.10. The van der Waals surface area contributed by atoms with Gasteiger partial charge in [-0.2, -0.15) is 0 Å². The lowest BCUT2D eigenvalue weighted by atomic mass is 9.96. The molecule has 0 bridgehead atoms. The van der Waals surface area contributed by atoms with Gasteiger partial charge < -0.3 is 34.9 Å². The second-order valence-corrected chi connectivity index (χ2v) is 11.5. The predicted octanol–water partition coefficient (Wildman–Crippen LogP) is 4.07. The zero-order valence-electron chi connectivity index (χ0n) is 27.0. The van der Waals surface area contributed by atoms with Crippen LogP contribution in [0.4, 0.5) is 4.79 Å². The Bertz CT molecular complexity index is 1490. The third-order valence-electron chi connectivity index (χ3n) is 7.89. The first-order valence-corrected chi connectivity index (χ1v) is 16.0. The maximum Gasteiger partial charge on any atom is 0.408 e. The van der Waals surface area contributed by atoms with Crippen molar-refractivity contribution < 1.29 is 38.5 Å². The van der Waals surface area contributed by atoms with E-state index in [-0.39, 0.29) is 58.1 Å². The number of esters is 1. The molecule has 0 saturated heterocycles.